The summed E-state index contributed by atoms with van der Waals surface area (Å²) in [5.41, 5.74) is 0.741. The Hall–Kier alpha value is -0.700. The third-order valence-corrected chi connectivity index (χ3v) is 1.53. The molecule has 0 aromatic carbocycles. The topological polar surface area (TPSA) is 36.4 Å². The Kier molecular flexibility index (Phi) is 2.17. The molecule has 0 fully saturated rings. The van der Waals surface area contributed by atoms with E-state index in [1.807, 2.05) is 14.0 Å². The molecular formula is C6H10ClN3. The number of nitrogens with one attached hydrogen (secondary N) is 2. The minimum absolute atomic E-state index is 0.328. The highest BCUT2D eigenvalue weighted by molar-refractivity contribution is 6.21. The van der Waals surface area contributed by atoms with E-state index in [9.17, 15) is 0 Å². The first-order valence-corrected chi connectivity index (χ1v) is 3.50. The molecule has 0 bridgehead atoms. The van der Waals surface area contributed by atoms with Gasteiger partial charge in [0.05, 0.1) is 0 Å². The van der Waals surface area contributed by atoms with E-state index in [1.165, 1.54) is 0 Å². The third-order valence-electron chi connectivity index (χ3n) is 1.31. The molecule has 2 N–H and O–H groups in total. The van der Waals surface area contributed by atoms with Gasteiger partial charge in [0.15, 0.2) is 5.62 Å². The minimum Gasteiger partial charge on any atom is -0.375 e. The van der Waals surface area contributed by atoms with E-state index in [0.29, 0.717) is 0 Å². The Morgan fingerprint density at radius 2 is 2.50 bits per heavy atom. The molecule has 1 aliphatic rings. The summed E-state index contributed by atoms with van der Waals surface area (Å²) in [6, 6.07) is 0. The number of hydrogen-bond donors (Lipinski definition) is 2. The van der Waals surface area contributed by atoms with Gasteiger partial charge < -0.3 is 10.6 Å². The van der Waals surface area contributed by atoms with Crippen molar-refractivity contribution in [2.24, 2.45) is 4.99 Å². The zero-order valence-corrected chi connectivity index (χ0v) is 6.74. The summed E-state index contributed by atoms with van der Waals surface area (Å²) in [6.45, 7) is 1.96. The minimum atomic E-state index is -0.328. The van der Waals surface area contributed by atoms with E-state index in [4.69, 9.17) is 11.6 Å². The lowest BCUT2D eigenvalue weighted by Gasteiger charge is -2.18. The molecule has 0 aliphatic carbocycles. The second-order valence-corrected chi connectivity index (χ2v) is 2.48. The van der Waals surface area contributed by atoms with Crippen LogP contribution in [0.3, 0.4) is 0 Å². The second kappa shape index (κ2) is 2.92. The van der Waals surface area contributed by atoms with E-state index in [1.54, 1.807) is 6.21 Å². The number of hydrogen-bond acceptors (Lipinski definition) is 3. The molecule has 0 aromatic heterocycles. The van der Waals surface area contributed by atoms with Crippen molar-refractivity contribution >= 4 is 17.8 Å². The molecule has 3 nitrogen and oxygen atoms in total. The summed E-state index contributed by atoms with van der Waals surface area (Å²) in [7, 11) is 1.84. The van der Waals surface area contributed by atoms with Crippen LogP contribution in [0.1, 0.15) is 6.92 Å². The summed E-state index contributed by atoms with van der Waals surface area (Å²) in [5.74, 6) is 0.940. The summed E-state index contributed by atoms with van der Waals surface area (Å²) in [5, 5.41) is 5.93. The van der Waals surface area contributed by atoms with Gasteiger partial charge in [0.25, 0.3) is 0 Å². The van der Waals surface area contributed by atoms with E-state index in [0.717, 1.165) is 11.4 Å². The normalized spacial score (nSPS) is 24.5. The number of allylic oxidation sites excluding steroid dienone is 1. The molecule has 1 unspecified atom stereocenters. The van der Waals surface area contributed by atoms with Crippen LogP contribution in [-0.2, 0) is 0 Å². The standard InChI is InChI=1S/C6H10ClN3/c1-4-3-9-6(7)10-5(4)8-2/h3,6,8,10H,1-2H3. The Balaban J connectivity index is 2.74. The van der Waals surface area contributed by atoms with Crippen LogP contribution in [0.25, 0.3) is 0 Å². The monoisotopic (exact) mass is 159 g/mol. The Morgan fingerprint density at radius 1 is 1.80 bits per heavy atom. The van der Waals surface area contributed by atoms with Crippen molar-refractivity contribution in [3.63, 3.8) is 0 Å². The number of aliphatic imine (C=N–C) groups is 1. The summed E-state index contributed by atoms with van der Waals surface area (Å²) < 4.78 is 0. The summed E-state index contributed by atoms with van der Waals surface area (Å²) in [4.78, 5) is 3.94. The van der Waals surface area contributed by atoms with Gasteiger partial charge in [-0.05, 0) is 6.92 Å². The maximum absolute atomic E-state index is 5.67. The van der Waals surface area contributed by atoms with Crippen molar-refractivity contribution in [2.45, 2.75) is 12.5 Å². The van der Waals surface area contributed by atoms with Crippen LogP contribution in [0.2, 0.25) is 0 Å². The molecule has 0 saturated heterocycles. The van der Waals surface area contributed by atoms with Crippen LogP contribution in [0.15, 0.2) is 16.4 Å². The highest BCUT2D eigenvalue weighted by atomic mass is 35.5. The molecule has 4 heteroatoms. The predicted octanol–water partition coefficient (Wildman–Crippen LogP) is 0.634. The average Bonchev–Trinajstić information content (AvgIpc) is 1.94. The van der Waals surface area contributed by atoms with Crippen molar-refractivity contribution in [1.29, 1.82) is 0 Å². The molecule has 56 valence electrons. The smallest absolute Gasteiger partial charge is 0.196 e. The van der Waals surface area contributed by atoms with Crippen LogP contribution in [-0.4, -0.2) is 18.9 Å². The van der Waals surface area contributed by atoms with Crippen molar-refractivity contribution in [3.8, 4) is 0 Å². The molecule has 0 saturated carbocycles. The quantitative estimate of drug-likeness (QED) is 0.435. The first kappa shape index (κ1) is 7.41. The predicted molar refractivity (Wildman–Crippen MR) is 43.0 cm³/mol. The Bertz CT molecular complexity index is 185. The van der Waals surface area contributed by atoms with Crippen molar-refractivity contribution in [3.05, 3.63) is 11.4 Å². The summed E-state index contributed by atoms with van der Waals surface area (Å²) >= 11 is 5.67. The lowest BCUT2D eigenvalue weighted by Crippen LogP contribution is -2.33. The fraction of sp³-hybridized carbons (Fsp3) is 0.500. The van der Waals surface area contributed by atoms with Crippen molar-refractivity contribution in [2.75, 3.05) is 7.05 Å². The Morgan fingerprint density at radius 3 is 3.00 bits per heavy atom. The molecule has 0 spiro atoms. The molecule has 1 atom stereocenters. The van der Waals surface area contributed by atoms with Crippen molar-refractivity contribution in [1.82, 2.24) is 10.6 Å². The van der Waals surface area contributed by atoms with E-state index in [2.05, 4.69) is 15.6 Å². The molecule has 1 aliphatic heterocycles. The fourth-order valence-corrected chi connectivity index (χ4v) is 0.947. The highest BCUT2D eigenvalue weighted by Crippen LogP contribution is 2.05. The van der Waals surface area contributed by atoms with E-state index >= 15 is 0 Å². The van der Waals surface area contributed by atoms with Gasteiger partial charge in [0.1, 0.15) is 5.82 Å². The van der Waals surface area contributed by atoms with Gasteiger partial charge in [0, 0.05) is 18.8 Å². The molecule has 10 heavy (non-hydrogen) atoms. The van der Waals surface area contributed by atoms with E-state index in [-0.39, 0.29) is 5.62 Å². The molecule has 1 heterocycles. The van der Waals surface area contributed by atoms with Gasteiger partial charge in [-0.1, -0.05) is 11.6 Å². The number of rotatable bonds is 1. The van der Waals surface area contributed by atoms with Crippen LogP contribution in [0, 0.1) is 0 Å². The molecule has 0 radical (unpaired) electrons. The zero-order valence-electron chi connectivity index (χ0n) is 5.98. The van der Waals surface area contributed by atoms with Gasteiger partial charge in [-0.2, -0.15) is 0 Å². The van der Waals surface area contributed by atoms with Gasteiger partial charge in [0.2, 0.25) is 0 Å². The second-order valence-electron chi connectivity index (χ2n) is 2.07. The Labute approximate surface area is 65.2 Å². The molecular weight excluding hydrogens is 150 g/mol. The van der Waals surface area contributed by atoms with Gasteiger partial charge in [-0.25, -0.2) is 0 Å². The van der Waals surface area contributed by atoms with Crippen molar-refractivity contribution < 1.29 is 0 Å². The van der Waals surface area contributed by atoms with Gasteiger partial charge >= 0.3 is 0 Å². The van der Waals surface area contributed by atoms with Gasteiger partial charge in [-0.15, -0.1) is 0 Å². The lowest BCUT2D eigenvalue weighted by atomic mass is 10.3. The first-order chi connectivity index (χ1) is 4.74. The van der Waals surface area contributed by atoms with Gasteiger partial charge in [-0.3, -0.25) is 4.99 Å². The lowest BCUT2D eigenvalue weighted by molar-refractivity contribution is 0.689. The van der Waals surface area contributed by atoms with Crippen LogP contribution < -0.4 is 10.6 Å². The first-order valence-electron chi connectivity index (χ1n) is 3.06. The number of nitrogens with zero attached hydrogens (tertiary/aromatic N) is 1. The molecule has 0 aromatic rings. The summed E-state index contributed by atoms with van der Waals surface area (Å²) in [6.07, 6.45) is 1.75. The zero-order chi connectivity index (χ0) is 7.56. The highest BCUT2D eigenvalue weighted by Gasteiger charge is 2.08. The number of halogens is 1. The third kappa shape index (κ3) is 1.42. The SMILES string of the molecule is CNC1=C(C)C=NC(Cl)N1. The maximum Gasteiger partial charge on any atom is 0.196 e. The van der Waals surface area contributed by atoms with E-state index < -0.39 is 0 Å². The average molecular weight is 160 g/mol. The maximum atomic E-state index is 5.67. The fourth-order valence-electron chi connectivity index (χ4n) is 0.781. The largest absolute Gasteiger partial charge is 0.375 e. The number of alkyl halides is 1. The van der Waals surface area contributed by atoms with Crippen LogP contribution >= 0.6 is 11.6 Å². The van der Waals surface area contributed by atoms with Crippen LogP contribution in [0.5, 0.6) is 0 Å². The molecule has 0 amide bonds. The van der Waals surface area contributed by atoms with Crippen LogP contribution in [0.4, 0.5) is 0 Å². The molecule has 1 rings (SSSR count).